The van der Waals surface area contributed by atoms with Gasteiger partial charge in [-0.1, -0.05) is 18.1 Å². The van der Waals surface area contributed by atoms with Gasteiger partial charge in [-0.2, -0.15) is 0 Å². The first-order valence-corrected chi connectivity index (χ1v) is 7.01. The van der Waals surface area contributed by atoms with Gasteiger partial charge in [0.1, 0.15) is 0 Å². The number of piperidine rings is 1. The minimum absolute atomic E-state index is 0.206. The van der Waals surface area contributed by atoms with Crippen molar-refractivity contribution in [3.8, 4) is 0 Å². The quantitative estimate of drug-likeness (QED) is 0.744. The van der Waals surface area contributed by atoms with E-state index in [1.807, 2.05) is 6.08 Å². The van der Waals surface area contributed by atoms with Crippen molar-refractivity contribution in [1.29, 1.82) is 0 Å². The Morgan fingerprint density at radius 1 is 1.53 bits per heavy atom. The number of amides is 1. The second-order valence-corrected chi connectivity index (χ2v) is 5.82. The molecule has 1 aliphatic carbocycles. The number of hydrogen-bond donors (Lipinski definition) is 2. The molecule has 106 valence electrons. The van der Waals surface area contributed by atoms with Crippen molar-refractivity contribution in [2.45, 2.75) is 51.3 Å². The summed E-state index contributed by atoms with van der Waals surface area (Å²) in [6.07, 6.45) is 7.71. The van der Waals surface area contributed by atoms with Gasteiger partial charge >= 0.3 is 0 Å². The van der Waals surface area contributed by atoms with Crippen LogP contribution in [0.1, 0.15) is 39.5 Å². The van der Waals surface area contributed by atoms with Gasteiger partial charge in [0.2, 0.25) is 5.91 Å². The van der Waals surface area contributed by atoms with Crippen molar-refractivity contribution < 1.29 is 9.90 Å². The van der Waals surface area contributed by atoms with E-state index in [-0.39, 0.29) is 5.91 Å². The Morgan fingerprint density at radius 3 is 2.89 bits per heavy atom. The summed E-state index contributed by atoms with van der Waals surface area (Å²) in [5, 5.41) is 13.1. The number of nitrogens with one attached hydrogen (secondary N) is 1. The first kappa shape index (κ1) is 14.3. The Bertz CT molecular complexity index is 428. The molecule has 1 heterocycles. The molecular formula is C15H24N2O2. The molecule has 4 nitrogen and oxygen atoms in total. The van der Waals surface area contributed by atoms with Crippen LogP contribution in [-0.2, 0) is 4.79 Å². The molecule has 1 amide bonds. The minimum Gasteiger partial charge on any atom is -0.367 e. The number of nitrogens with zero attached hydrogens (tertiary/aromatic N) is 1. The van der Waals surface area contributed by atoms with E-state index in [1.165, 1.54) is 30.9 Å². The van der Waals surface area contributed by atoms with Crippen LogP contribution in [0.3, 0.4) is 0 Å². The van der Waals surface area contributed by atoms with Crippen LogP contribution in [0.2, 0.25) is 0 Å². The van der Waals surface area contributed by atoms with Crippen LogP contribution in [0, 0.1) is 0 Å². The standard InChI is InChI=1S/C15H24N2O2/c1-11-7-8-15(19,16-12(2)18)10-13(11)14-6-4-5-9-17(14)3/h7-8,14,19H,4-6,9-10H2,1-3H3,(H,16,18). The molecule has 0 bridgehead atoms. The van der Waals surface area contributed by atoms with Gasteiger partial charge in [0.05, 0.1) is 0 Å². The van der Waals surface area contributed by atoms with Gasteiger partial charge in [-0.15, -0.1) is 0 Å². The second kappa shape index (κ2) is 5.47. The summed E-state index contributed by atoms with van der Waals surface area (Å²) in [5.74, 6) is -0.206. The smallest absolute Gasteiger partial charge is 0.219 e. The molecule has 19 heavy (non-hydrogen) atoms. The molecule has 0 aromatic carbocycles. The number of likely N-dealkylation sites (tertiary alicyclic amines) is 1. The van der Waals surface area contributed by atoms with Gasteiger partial charge < -0.3 is 10.4 Å². The SMILES string of the molecule is CC(=O)NC1(O)C=CC(C)=C(C2CCCCN2C)C1. The van der Waals surface area contributed by atoms with E-state index in [1.54, 1.807) is 6.08 Å². The summed E-state index contributed by atoms with van der Waals surface area (Å²) >= 11 is 0. The van der Waals surface area contributed by atoms with Crippen LogP contribution in [-0.4, -0.2) is 41.3 Å². The highest BCUT2D eigenvalue weighted by molar-refractivity contribution is 5.74. The van der Waals surface area contributed by atoms with E-state index in [0.717, 1.165) is 13.0 Å². The van der Waals surface area contributed by atoms with Gasteiger partial charge in [0, 0.05) is 19.4 Å². The zero-order valence-electron chi connectivity index (χ0n) is 12.1. The van der Waals surface area contributed by atoms with Gasteiger partial charge in [-0.05, 0) is 45.0 Å². The van der Waals surface area contributed by atoms with Crippen molar-refractivity contribution in [2.24, 2.45) is 0 Å². The zero-order chi connectivity index (χ0) is 14.0. The third-order valence-corrected chi connectivity index (χ3v) is 4.14. The highest BCUT2D eigenvalue weighted by Gasteiger charge is 2.34. The summed E-state index contributed by atoms with van der Waals surface area (Å²) < 4.78 is 0. The minimum atomic E-state index is -1.22. The average molecular weight is 264 g/mol. The molecule has 2 aliphatic rings. The number of carbonyl (C=O) groups excluding carboxylic acids is 1. The predicted molar refractivity (Wildman–Crippen MR) is 75.5 cm³/mol. The molecule has 2 unspecified atom stereocenters. The Balaban J connectivity index is 2.19. The van der Waals surface area contributed by atoms with E-state index in [9.17, 15) is 9.90 Å². The maximum absolute atomic E-state index is 11.2. The predicted octanol–water partition coefficient (Wildman–Crippen LogP) is 1.57. The Kier molecular flexibility index (Phi) is 4.11. The molecule has 0 spiro atoms. The number of carbonyl (C=O) groups is 1. The molecule has 2 N–H and O–H groups in total. The highest BCUT2D eigenvalue weighted by atomic mass is 16.3. The maximum atomic E-state index is 11.2. The van der Waals surface area contributed by atoms with Crippen LogP contribution >= 0.6 is 0 Å². The molecule has 1 fully saturated rings. The van der Waals surface area contributed by atoms with E-state index < -0.39 is 5.72 Å². The molecule has 0 aromatic rings. The number of hydrogen-bond acceptors (Lipinski definition) is 3. The molecule has 0 radical (unpaired) electrons. The first-order valence-electron chi connectivity index (χ1n) is 7.01. The lowest BCUT2D eigenvalue weighted by Crippen LogP contribution is -2.49. The number of aliphatic hydroxyl groups is 1. The van der Waals surface area contributed by atoms with Crippen molar-refractivity contribution in [3.05, 3.63) is 23.3 Å². The largest absolute Gasteiger partial charge is 0.367 e. The Hall–Kier alpha value is -1.13. The average Bonchev–Trinajstić information content (AvgIpc) is 2.32. The number of rotatable bonds is 2. The second-order valence-electron chi connectivity index (χ2n) is 5.82. The summed E-state index contributed by atoms with van der Waals surface area (Å²) in [7, 11) is 2.14. The summed E-state index contributed by atoms with van der Waals surface area (Å²) in [6, 6.07) is 0.388. The fraction of sp³-hybridized carbons (Fsp3) is 0.667. The lowest BCUT2D eigenvalue weighted by molar-refractivity contribution is -0.124. The highest BCUT2D eigenvalue weighted by Crippen LogP contribution is 2.33. The monoisotopic (exact) mass is 264 g/mol. The van der Waals surface area contributed by atoms with E-state index in [4.69, 9.17) is 0 Å². The summed E-state index contributed by atoms with van der Waals surface area (Å²) in [5.41, 5.74) is 1.24. The number of likely N-dealkylation sites (N-methyl/N-ethyl adjacent to an activating group) is 1. The zero-order valence-corrected chi connectivity index (χ0v) is 12.1. The molecule has 0 aromatic heterocycles. The summed E-state index contributed by atoms with van der Waals surface area (Å²) in [6.45, 7) is 4.62. The molecule has 2 rings (SSSR count). The van der Waals surface area contributed by atoms with Crippen molar-refractivity contribution in [3.63, 3.8) is 0 Å². The van der Waals surface area contributed by atoms with Gasteiger partial charge in [0.25, 0.3) is 0 Å². The normalized spacial score (nSPS) is 32.5. The van der Waals surface area contributed by atoms with Gasteiger partial charge in [-0.25, -0.2) is 0 Å². The number of allylic oxidation sites excluding steroid dienone is 2. The topological polar surface area (TPSA) is 52.6 Å². The van der Waals surface area contributed by atoms with Crippen LogP contribution in [0.5, 0.6) is 0 Å². The lowest BCUT2D eigenvalue weighted by Gasteiger charge is -2.39. The van der Waals surface area contributed by atoms with Crippen LogP contribution in [0.4, 0.5) is 0 Å². The molecule has 4 heteroatoms. The van der Waals surface area contributed by atoms with E-state index in [2.05, 4.69) is 24.2 Å². The fourth-order valence-corrected chi connectivity index (χ4v) is 3.15. The maximum Gasteiger partial charge on any atom is 0.219 e. The van der Waals surface area contributed by atoms with E-state index in [0.29, 0.717) is 12.5 Å². The molecule has 1 aliphatic heterocycles. The van der Waals surface area contributed by atoms with Crippen molar-refractivity contribution in [1.82, 2.24) is 10.2 Å². The van der Waals surface area contributed by atoms with E-state index >= 15 is 0 Å². The molecular weight excluding hydrogens is 240 g/mol. The van der Waals surface area contributed by atoms with Gasteiger partial charge in [-0.3, -0.25) is 9.69 Å². The van der Waals surface area contributed by atoms with Crippen LogP contribution < -0.4 is 5.32 Å². The lowest BCUT2D eigenvalue weighted by atomic mass is 9.83. The summed E-state index contributed by atoms with van der Waals surface area (Å²) in [4.78, 5) is 13.6. The fourth-order valence-electron chi connectivity index (χ4n) is 3.15. The van der Waals surface area contributed by atoms with Crippen LogP contribution in [0.15, 0.2) is 23.3 Å². The Morgan fingerprint density at radius 2 is 2.26 bits per heavy atom. The van der Waals surface area contributed by atoms with Crippen molar-refractivity contribution >= 4 is 5.91 Å². The molecule has 2 atom stereocenters. The van der Waals surface area contributed by atoms with Crippen LogP contribution in [0.25, 0.3) is 0 Å². The third kappa shape index (κ3) is 3.25. The molecule has 0 saturated carbocycles. The van der Waals surface area contributed by atoms with Crippen molar-refractivity contribution in [2.75, 3.05) is 13.6 Å². The van der Waals surface area contributed by atoms with Gasteiger partial charge in [0.15, 0.2) is 5.72 Å². The molecule has 1 saturated heterocycles. The Labute approximate surface area is 115 Å². The first-order chi connectivity index (χ1) is 8.91. The third-order valence-electron chi connectivity index (χ3n) is 4.14.